The SMILES string of the molecule is COc1cc(C=CC(=O)N2C3CNCC2CN(Cc2ccc(F)cc2)C3)c(NC(N)=O)cc1Cl. The van der Waals surface area contributed by atoms with Crippen molar-refractivity contribution in [2.75, 3.05) is 38.6 Å². The van der Waals surface area contributed by atoms with Crippen molar-refractivity contribution in [3.8, 4) is 5.75 Å². The first-order valence-corrected chi connectivity index (χ1v) is 11.3. The van der Waals surface area contributed by atoms with Crippen LogP contribution in [0.15, 0.2) is 42.5 Å². The molecule has 10 heteroatoms. The molecule has 8 nitrogen and oxygen atoms in total. The van der Waals surface area contributed by atoms with E-state index in [-0.39, 0.29) is 23.8 Å². The highest BCUT2D eigenvalue weighted by molar-refractivity contribution is 6.32. The van der Waals surface area contributed by atoms with Crippen molar-refractivity contribution in [1.29, 1.82) is 0 Å². The fourth-order valence-electron chi connectivity index (χ4n) is 4.58. The standard InChI is InChI=1S/C24H27ClFN5O3/c1-34-22-8-16(21(9-20(22)25)29-24(27)33)4-7-23(32)31-18-10-28-11-19(31)14-30(13-18)12-15-2-5-17(26)6-3-15/h2-9,18-19,28H,10-14H2,1H3,(H3,27,29,33). The van der Waals surface area contributed by atoms with Crippen LogP contribution < -0.4 is 21.1 Å². The van der Waals surface area contributed by atoms with Gasteiger partial charge >= 0.3 is 6.03 Å². The van der Waals surface area contributed by atoms with Gasteiger partial charge in [-0.25, -0.2) is 9.18 Å². The monoisotopic (exact) mass is 487 g/mol. The van der Waals surface area contributed by atoms with E-state index >= 15 is 0 Å². The zero-order valence-corrected chi connectivity index (χ0v) is 19.5. The number of halogens is 2. The number of urea groups is 1. The maximum atomic E-state index is 13.2. The molecule has 0 spiro atoms. The Hall–Kier alpha value is -3.14. The average Bonchev–Trinajstić information content (AvgIpc) is 2.79. The summed E-state index contributed by atoms with van der Waals surface area (Å²) >= 11 is 6.17. The molecule has 2 heterocycles. The summed E-state index contributed by atoms with van der Waals surface area (Å²) in [5.41, 5.74) is 7.24. The van der Waals surface area contributed by atoms with Gasteiger partial charge in [-0.15, -0.1) is 0 Å². The number of nitrogens with two attached hydrogens (primary N) is 1. The third-order valence-corrected chi connectivity index (χ3v) is 6.34. The Labute approximate surface area is 202 Å². The maximum absolute atomic E-state index is 13.2. The molecule has 0 saturated carbocycles. The molecule has 2 aromatic rings. The van der Waals surface area contributed by atoms with Gasteiger partial charge in [0.05, 0.1) is 29.9 Å². The van der Waals surface area contributed by atoms with Gasteiger partial charge in [0.2, 0.25) is 5.91 Å². The van der Waals surface area contributed by atoms with E-state index in [0.717, 1.165) is 5.56 Å². The summed E-state index contributed by atoms with van der Waals surface area (Å²) in [6, 6.07) is 8.97. The Bertz CT molecular complexity index is 1080. The Kier molecular flexibility index (Phi) is 7.35. The number of rotatable bonds is 6. The number of hydrogen-bond donors (Lipinski definition) is 3. The summed E-state index contributed by atoms with van der Waals surface area (Å²) in [7, 11) is 1.49. The highest BCUT2D eigenvalue weighted by Crippen LogP contribution is 2.32. The van der Waals surface area contributed by atoms with Gasteiger partial charge in [0.1, 0.15) is 11.6 Å². The van der Waals surface area contributed by atoms with Gasteiger partial charge in [-0.2, -0.15) is 0 Å². The molecule has 0 radical (unpaired) electrons. The van der Waals surface area contributed by atoms with Gasteiger partial charge in [-0.3, -0.25) is 9.69 Å². The molecule has 180 valence electrons. The number of ether oxygens (including phenoxy) is 1. The predicted molar refractivity (Wildman–Crippen MR) is 129 cm³/mol. The molecule has 34 heavy (non-hydrogen) atoms. The minimum atomic E-state index is -0.736. The summed E-state index contributed by atoms with van der Waals surface area (Å²) < 4.78 is 18.5. The second-order valence-electron chi connectivity index (χ2n) is 8.43. The molecule has 2 aliphatic heterocycles. The lowest BCUT2D eigenvalue weighted by Gasteiger charge is -2.50. The number of primary amides is 1. The van der Waals surface area contributed by atoms with Crippen molar-refractivity contribution < 1.29 is 18.7 Å². The van der Waals surface area contributed by atoms with E-state index in [1.807, 2.05) is 4.90 Å². The zero-order valence-electron chi connectivity index (χ0n) is 18.8. The fourth-order valence-corrected chi connectivity index (χ4v) is 4.82. The molecule has 2 aromatic carbocycles. The first-order valence-electron chi connectivity index (χ1n) is 11.0. The van der Waals surface area contributed by atoms with E-state index in [2.05, 4.69) is 15.5 Å². The lowest BCUT2D eigenvalue weighted by atomic mass is 10.0. The second-order valence-corrected chi connectivity index (χ2v) is 8.84. The van der Waals surface area contributed by atoms with Crippen molar-refractivity contribution in [2.45, 2.75) is 18.6 Å². The zero-order chi connectivity index (χ0) is 24.2. The first kappa shape index (κ1) is 24.0. The normalized spacial score (nSPS) is 20.4. The highest BCUT2D eigenvalue weighted by atomic mass is 35.5. The van der Waals surface area contributed by atoms with E-state index in [4.69, 9.17) is 22.1 Å². The number of carbonyl (C=O) groups excluding carboxylic acids is 2. The lowest BCUT2D eigenvalue weighted by Crippen LogP contribution is -2.68. The molecular formula is C24H27ClFN5O3. The first-order chi connectivity index (χ1) is 16.3. The topological polar surface area (TPSA) is 99.9 Å². The molecule has 4 N–H and O–H groups in total. The van der Waals surface area contributed by atoms with E-state index in [0.29, 0.717) is 54.7 Å². The quantitative estimate of drug-likeness (QED) is 0.544. The predicted octanol–water partition coefficient (Wildman–Crippen LogP) is 2.68. The number of fused-ring (bicyclic) bond motifs is 2. The number of piperazine rings is 2. The number of methoxy groups -OCH3 is 1. The molecule has 2 saturated heterocycles. The Morgan fingerprint density at radius 2 is 1.91 bits per heavy atom. The summed E-state index contributed by atoms with van der Waals surface area (Å²) in [4.78, 5) is 28.8. The fraction of sp³-hybridized carbons (Fsp3) is 0.333. The lowest BCUT2D eigenvalue weighted by molar-refractivity contribution is -0.136. The summed E-state index contributed by atoms with van der Waals surface area (Å²) in [6.07, 6.45) is 3.12. The second kappa shape index (κ2) is 10.4. The Morgan fingerprint density at radius 1 is 1.24 bits per heavy atom. The van der Waals surface area contributed by atoms with Crippen molar-refractivity contribution in [3.05, 3.63) is 64.4 Å². The molecule has 2 aliphatic rings. The third-order valence-electron chi connectivity index (χ3n) is 6.05. The van der Waals surface area contributed by atoms with Crippen molar-refractivity contribution in [2.24, 2.45) is 5.73 Å². The molecule has 0 aromatic heterocycles. The van der Waals surface area contributed by atoms with Crippen LogP contribution >= 0.6 is 11.6 Å². The van der Waals surface area contributed by atoms with Crippen molar-refractivity contribution in [1.82, 2.24) is 15.1 Å². The van der Waals surface area contributed by atoms with Gasteiger partial charge in [-0.05, 0) is 35.9 Å². The number of benzene rings is 2. The van der Waals surface area contributed by atoms with Crippen LogP contribution in [0.5, 0.6) is 5.75 Å². The molecule has 0 aliphatic carbocycles. The molecule has 2 fully saturated rings. The number of nitrogens with zero attached hydrogens (tertiary/aromatic N) is 2. The van der Waals surface area contributed by atoms with Crippen LogP contribution in [0.3, 0.4) is 0 Å². The summed E-state index contributed by atoms with van der Waals surface area (Å²) in [5.74, 6) is 0.0515. The van der Waals surface area contributed by atoms with E-state index in [1.165, 1.54) is 31.4 Å². The van der Waals surface area contributed by atoms with Gasteiger partial charge in [0.25, 0.3) is 0 Å². The van der Waals surface area contributed by atoms with E-state index < -0.39 is 6.03 Å². The molecular weight excluding hydrogens is 461 g/mol. The third kappa shape index (κ3) is 5.49. The smallest absolute Gasteiger partial charge is 0.316 e. The Morgan fingerprint density at radius 3 is 2.53 bits per heavy atom. The van der Waals surface area contributed by atoms with Crippen molar-refractivity contribution in [3.63, 3.8) is 0 Å². The van der Waals surface area contributed by atoms with Crippen LogP contribution in [0, 0.1) is 5.82 Å². The number of nitrogens with one attached hydrogen (secondary N) is 2. The largest absolute Gasteiger partial charge is 0.495 e. The summed E-state index contributed by atoms with van der Waals surface area (Å²) in [6.45, 7) is 3.52. The highest BCUT2D eigenvalue weighted by Gasteiger charge is 2.39. The Balaban J connectivity index is 1.49. The number of carbonyl (C=O) groups is 2. The van der Waals surface area contributed by atoms with Crippen LogP contribution in [0.25, 0.3) is 6.08 Å². The molecule has 3 amide bonds. The van der Waals surface area contributed by atoms with Crippen molar-refractivity contribution >= 4 is 35.3 Å². The number of anilines is 1. The van der Waals surface area contributed by atoms with Gasteiger partial charge in [-0.1, -0.05) is 23.7 Å². The summed E-state index contributed by atoms with van der Waals surface area (Å²) in [5, 5.41) is 6.24. The van der Waals surface area contributed by atoms with Gasteiger partial charge in [0.15, 0.2) is 0 Å². The van der Waals surface area contributed by atoms with Crippen LogP contribution in [0.1, 0.15) is 11.1 Å². The van der Waals surface area contributed by atoms with Crippen LogP contribution in [-0.2, 0) is 11.3 Å². The maximum Gasteiger partial charge on any atom is 0.316 e. The van der Waals surface area contributed by atoms with E-state index in [9.17, 15) is 14.0 Å². The van der Waals surface area contributed by atoms with E-state index in [1.54, 1.807) is 24.3 Å². The average molecular weight is 488 g/mol. The number of hydrogen-bond acceptors (Lipinski definition) is 5. The van der Waals surface area contributed by atoms with Gasteiger partial charge in [0, 0.05) is 44.4 Å². The molecule has 2 unspecified atom stereocenters. The number of amides is 3. The molecule has 2 atom stereocenters. The van der Waals surface area contributed by atoms with Crippen LogP contribution in [-0.4, -0.2) is 67.1 Å². The molecule has 4 rings (SSSR count). The van der Waals surface area contributed by atoms with Crippen LogP contribution in [0.4, 0.5) is 14.9 Å². The van der Waals surface area contributed by atoms with Crippen LogP contribution in [0.2, 0.25) is 5.02 Å². The minimum Gasteiger partial charge on any atom is -0.495 e. The van der Waals surface area contributed by atoms with Gasteiger partial charge < -0.3 is 26.0 Å². The molecule has 2 bridgehead atoms. The minimum absolute atomic E-state index is 0.00747.